The van der Waals surface area contributed by atoms with Crippen molar-refractivity contribution in [3.8, 4) is 0 Å². The van der Waals surface area contributed by atoms with Crippen molar-refractivity contribution in [2.24, 2.45) is 11.8 Å². The Bertz CT molecular complexity index is 922. The van der Waals surface area contributed by atoms with Crippen molar-refractivity contribution < 1.29 is 23.9 Å². The van der Waals surface area contributed by atoms with Gasteiger partial charge in [-0.3, -0.25) is 14.4 Å². The molecule has 33 heavy (non-hydrogen) atoms. The Morgan fingerprint density at radius 1 is 1.00 bits per heavy atom. The molecule has 0 saturated heterocycles. The summed E-state index contributed by atoms with van der Waals surface area (Å²) in [6, 6.07) is 5.13. The normalized spacial score (nSPS) is 18.4. The number of esters is 1. The molecule has 0 bridgehead atoms. The minimum Gasteiger partial charge on any atom is -0.467 e. The minimum absolute atomic E-state index is 0.129. The van der Waals surface area contributed by atoms with Gasteiger partial charge in [0.25, 0.3) is 5.91 Å². The molecular formula is C25H35N3O5. The van der Waals surface area contributed by atoms with Crippen molar-refractivity contribution in [3.63, 3.8) is 0 Å². The second kappa shape index (κ2) is 11.6. The molecule has 0 unspecified atom stereocenters. The highest BCUT2D eigenvalue weighted by molar-refractivity contribution is 6.07. The molecule has 3 N–H and O–H groups in total. The quantitative estimate of drug-likeness (QED) is 0.389. The van der Waals surface area contributed by atoms with Crippen LogP contribution < -0.4 is 16.0 Å². The van der Waals surface area contributed by atoms with Crippen LogP contribution in [0.25, 0.3) is 5.57 Å². The summed E-state index contributed by atoms with van der Waals surface area (Å²) in [7, 11) is 1.28. The molecule has 1 aliphatic rings. The molecule has 8 nitrogen and oxygen atoms in total. The highest BCUT2D eigenvalue weighted by Gasteiger charge is 2.29. The summed E-state index contributed by atoms with van der Waals surface area (Å²) in [5.41, 5.74) is 1.86. The van der Waals surface area contributed by atoms with E-state index in [2.05, 4.69) is 16.0 Å². The van der Waals surface area contributed by atoms with Crippen LogP contribution in [-0.2, 0) is 19.1 Å². The summed E-state index contributed by atoms with van der Waals surface area (Å²) in [4.78, 5) is 50.3. The number of rotatable bonds is 9. The van der Waals surface area contributed by atoms with E-state index in [1.54, 1.807) is 25.1 Å². The van der Waals surface area contributed by atoms with Gasteiger partial charge in [-0.15, -0.1) is 0 Å². The molecule has 1 heterocycles. The number of nitrogens with one attached hydrogen (secondary N) is 3. The van der Waals surface area contributed by atoms with E-state index in [9.17, 15) is 19.2 Å². The van der Waals surface area contributed by atoms with E-state index in [-0.39, 0.29) is 23.8 Å². The molecule has 1 aliphatic heterocycles. The number of hydrogen-bond acceptors (Lipinski definition) is 5. The molecule has 3 amide bonds. The van der Waals surface area contributed by atoms with Crippen molar-refractivity contribution in [2.45, 2.75) is 65.6 Å². The smallest absolute Gasteiger partial charge is 0.328 e. The second-order valence-corrected chi connectivity index (χ2v) is 9.25. The first-order valence-electron chi connectivity index (χ1n) is 11.3. The fourth-order valence-corrected chi connectivity index (χ4v) is 3.88. The number of carbonyl (C=O) groups is 4. The van der Waals surface area contributed by atoms with Gasteiger partial charge in [0.15, 0.2) is 0 Å². The number of carbonyl (C=O) groups excluding carboxylic acids is 4. The van der Waals surface area contributed by atoms with Crippen molar-refractivity contribution in [3.05, 3.63) is 41.5 Å². The summed E-state index contributed by atoms with van der Waals surface area (Å²) < 4.78 is 4.83. The van der Waals surface area contributed by atoms with Gasteiger partial charge in [0.05, 0.1) is 13.2 Å². The predicted octanol–water partition coefficient (Wildman–Crippen LogP) is 2.44. The first kappa shape index (κ1) is 26.1. The molecule has 0 spiro atoms. The molecule has 0 radical (unpaired) electrons. The summed E-state index contributed by atoms with van der Waals surface area (Å²) in [5.74, 6) is -1.28. The molecule has 1 aromatic rings. The lowest BCUT2D eigenvalue weighted by molar-refractivity contribution is -0.145. The first-order valence-corrected chi connectivity index (χ1v) is 11.3. The Morgan fingerprint density at radius 3 is 2.15 bits per heavy atom. The van der Waals surface area contributed by atoms with Gasteiger partial charge in [-0.1, -0.05) is 45.9 Å². The van der Waals surface area contributed by atoms with E-state index in [0.29, 0.717) is 29.5 Å². The van der Waals surface area contributed by atoms with Crippen LogP contribution in [0.15, 0.2) is 30.3 Å². The van der Waals surface area contributed by atoms with Gasteiger partial charge in [0, 0.05) is 11.6 Å². The third-order valence-electron chi connectivity index (χ3n) is 5.43. The Kier molecular flexibility index (Phi) is 9.20. The molecule has 180 valence electrons. The Morgan fingerprint density at radius 2 is 1.58 bits per heavy atom. The highest BCUT2D eigenvalue weighted by Crippen LogP contribution is 2.26. The summed E-state index contributed by atoms with van der Waals surface area (Å²) >= 11 is 0. The third kappa shape index (κ3) is 7.17. The van der Waals surface area contributed by atoms with E-state index in [1.807, 2.05) is 33.8 Å². The lowest BCUT2D eigenvalue weighted by Crippen LogP contribution is -2.52. The van der Waals surface area contributed by atoms with E-state index < -0.39 is 29.9 Å². The molecule has 8 heteroatoms. The Labute approximate surface area is 195 Å². The van der Waals surface area contributed by atoms with Crippen LogP contribution in [0.1, 0.15) is 63.4 Å². The van der Waals surface area contributed by atoms with Crippen LogP contribution in [-0.4, -0.2) is 48.9 Å². The molecule has 3 atom stereocenters. The third-order valence-corrected chi connectivity index (χ3v) is 5.43. The van der Waals surface area contributed by atoms with Gasteiger partial charge < -0.3 is 20.7 Å². The van der Waals surface area contributed by atoms with Crippen LogP contribution in [0.3, 0.4) is 0 Å². The maximum absolute atomic E-state index is 13.0. The van der Waals surface area contributed by atoms with E-state index in [0.717, 1.165) is 0 Å². The van der Waals surface area contributed by atoms with Gasteiger partial charge in [-0.05, 0) is 48.8 Å². The molecule has 2 rings (SSSR count). The van der Waals surface area contributed by atoms with Crippen molar-refractivity contribution in [1.82, 2.24) is 16.0 Å². The molecule has 0 saturated carbocycles. The lowest BCUT2D eigenvalue weighted by atomic mass is 9.90. The van der Waals surface area contributed by atoms with Gasteiger partial charge in [0.2, 0.25) is 11.8 Å². The van der Waals surface area contributed by atoms with Crippen LogP contribution in [0.4, 0.5) is 0 Å². The van der Waals surface area contributed by atoms with Crippen LogP contribution >= 0.6 is 0 Å². The number of fused-ring (bicyclic) bond motifs is 1. The number of hydrogen-bond donors (Lipinski definition) is 3. The maximum Gasteiger partial charge on any atom is 0.328 e. The standard InChI is InChI=1S/C25H35N3O5/c1-14(2)11-20(24(31)28-21(12-15(3)4)25(32)33-6)27-22(29)13-19-16(5)26-23(30)18-10-8-7-9-17(18)19/h7-10,13-16,20-21H,11-12H2,1-6H3,(H,26,30)(H,27,29)(H,28,31)/b19-13+/t16-,20+,21-/m0/s1. The Hall–Kier alpha value is -3.16. The summed E-state index contributed by atoms with van der Waals surface area (Å²) in [6.07, 6.45) is 2.26. The van der Waals surface area contributed by atoms with E-state index in [4.69, 9.17) is 4.74 Å². The van der Waals surface area contributed by atoms with Crippen molar-refractivity contribution in [2.75, 3.05) is 7.11 Å². The monoisotopic (exact) mass is 457 g/mol. The predicted molar refractivity (Wildman–Crippen MR) is 126 cm³/mol. The summed E-state index contributed by atoms with van der Waals surface area (Å²) in [5, 5.41) is 8.36. The molecule has 1 aromatic carbocycles. The zero-order valence-electron chi connectivity index (χ0n) is 20.2. The molecule has 0 fully saturated rings. The maximum atomic E-state index is 13.0. The van der Waals surface area contributed by atoms with Crippen LogP contribution in [0, 0.1) is 11.8 Å². The van der Waals surface area contributed by atoms with Gasteiger partial charge in [-0.25, -0.2) is 4.79 Å². The second-order valence-electron chi connectivity index (χ2n) is 9.25. The van der Waals surface area contributed by atoms with Crippen molar-refractivity contribution in [1.29, 1.82) is 0 Å². The van der Waals surface area contributed by atoms with Gasteiger partial charge in [0.1, 0.15) is 12.1 Å². The number of ether oxygens (including phenoxy) is 1. The average molecular weight is 458 g/mol. The molecule has 0 aromatic heterocycles. The van der Waals surface area contributed by atoms with Gasteiger partial charge in [-0.2, -0.15) is 0 Å². The van der Waals surface area contributed by atoms with Gasteiger partial charge >= 0.3 is 5.97 Å². The van der Waals surface area contributed by atoms with E-state index in [1.165, 1.54) is 13.2 Å². The Balaban J connectivity index is 2.23. The fraction of sp³-hybridized carbons (Fsp3) is 0.520. The molecular weight excluding hydrogens is 422 g/mol. The fourth-order valence-electron chi connectivity index (χ4n) is 3.88. The molecule has 0 aliphatic carbocycles. The van der Waals surface area contributed by atoms with Crippen molar-refractivity contribution >= 4 is 29.3 Å². The zero-order valence-corrected chi connectivity index (χ0v) is 20.2. The topological polar surface area (TPSA) is 114 Å². The minimum atomic E-state index is -0.822. The SMILES string of the molecule is COC(=O)[C@H](CC(C)C)NC(=O)[C@@H](CC(C)C)NC(=O)/C=C1/c2ccccc2C(=O)N[C@H]1C. The van der Waals surface area contributed by atoms with Crippen LogP contribution in [0.5, 0.6) is 0 Å². The number of methoxy groups -OCH3 is 1. The number of benzene rings is 1. The van der Waals surface area contributed by atoms with Crippen LogP contribution in [0.2, 0.25) is 0 Å². The first-order chi connectivity index (χ1) is 15.5. The highest BCUT2D eigenvalue weighted by atomic mass is 16.5. The largest absolute Gasteiger partial charge is 0.467 e. The zero-order chi connectivity index (χ0) is 24.7. The average Bonchev–Trinajstić information content (AvgIpc) is 2.74. The summed E-state index contributed by atoms with van der Waals surface area (Å²) in [6.45, 7) is 9.60. The van der Waals surface area contributed by atoms with E-state index >= 15 is 0 Å². The lowest BCUT2D eigenvalue weighted by Gasteiger charge is -2.26. The number of amides is 3.